The lowest BCUT2D eigenvalue weighted by atomic mass is 10.00. The van der Waals surface area contributed by atoms with Crippen LogP contribution in [0.2, 0.25) is 0 Å². The third-order valence-electron chi connectivity index (χ3n) is 3.17. The van der Waals surface area contributed by atoms with Gasteiger partial charge in [-0.25, -0.2) is 4.79 Å². The fourth-order valence-electron chi connectivity index (χ4n) is 1.93. The number of carbonyl (C=O) groups is 2. The van der Waals surface area contributed by atoms with Crippen LogP contribution >= 0.6 is 0 Å². The van der Waals surface area contributed by atoms with Gasteiger partial charge in [-0.05, 0) is 25.8 Å². The van der Waals surface area contributed by atoms with E-state index in [-0.39, 0.29) is 11.8 Å². The average Bonchev–Trinajstić information content (AvgIpc) is 2.32. The van der Waals surface area contributed by atoms with Gasteiger partial charge in [0.05, 0.1) is 0 Å². The number of rotatable bonds is 5. The molecule has 0 aliphatic carbocycles. The maximum atomic E-state index is 11.9. The van der Waals surface area contributed by atoms with Crippen molar-refractivity contribution in [1.29, 1.82) is 0 Å². The molecule has 0 heterocycles. The molecule has 2 N–H and O–H groups in total. The van der Waals surface area contributed by atoms with Gasteiger partial charge in [0.1, 0.15) is 0 Å². The zero-order chi connectivity index (χ0) is 14.6. The number of hydrogen-bond acceptors (Lipinski definition) is 2. The fraction of sp³-hybridized carbons (Fsp3) is 0.467. The molecule has 4 nitrogen and oxygen atoms in total. The summed E-state index contributed by atoms with van der Waals surface area (Å²) in [6.07, 6.45) is 0.686. The van der Waals surface area contributed by atoms with Gasteiger partial charge in [-0.2, -0.15) is 0 Å². The number of amides is 1. The minimum atomic E-state index is -1.04. The Hall–Kier alpha value is -1.84. The summed E-state index contributed by atoms with van der Waals surface area (Å²) in [6, 6.07) is 4.57. The minimum Gasteiger partial charge on any atom is -0.479 e. The molecule has 4 heteroatoms. The third-order valence-corrected chi connectivity index (χ3v) is 3.17. The highest BCUT2D eigenvalue weighted by Crippen LogP contribution is 2.18. The molecule has 0 bridgehead atoms. The van der Waals surface area contributed by atoms with E-state index in [1.54, 1.807) is 19.1 Å². The Morgan fingerprint density at radius 3 is 2.16 bits per heavy atom. The molecular weight excluding hydrogens is 242 g/mol. The van der Waals surface area contributed by atoms with Gasteiger partial charge in [-0.3, -0.25) is 4.79 Å². The van der Waals surface area contributed by atoms with Crippen molar-refractivity contribution in [3.63, 3.8) is 0 Å². The van der Waals surface area contributed by atoms with Crippen LogP contribution in [0.4, 0.5) is 0 Å². The second-order valence-electron chi connectivity index (χ2n) is 5.01. The highest BCUT2D eigenvalue weighted by Gasteiger charge is 2.24. The maximum absolute atomic E-state index is 11.9. The quantitative estimate of drug-likeness (QED) is 0.858. The Balaban J connectivity index is 3.01. The van der Waals surface area contributed by atoms with Gasteiger partial charge in [0.2, 0.25) is 5.91 Å². The predicted molar refractivity (Wildman–Crippen MR) is 73.9 cm³/mol. The van der Waals surface area contributed by atoms with Gasteiger partial charge >= 0.3 is 5.97 Å². The Kier molecular flexibility index (Phi) is 5.10. The lowest BCUT2D eigenvalue weighted by Crippen LogP contribution is -2.36. The first-order valence-electron chi connectivity index (χ1n) is 6.46. The molecule has 2 atom stereocenters. The molecule has 1 aromatic carbocycles. The molecule has 19 heavy (non-hydrogen) atoms. The van der Waals surface area contributed by atoms with E-state index in [0.29, 0.717) is 12.0 Å². The standard InChI is InChI=1S/C15H21NO3/c1-5-11(4)14(17)16-13(15(18)19)12-7-9(2)6-10(3)8-12/h6-8,11,13H,5H2,1-4H3,(H,16,17)(H,18,19). The normalized spacial score (nSPS) is 13.7. The minimum absolute atomic E-state index is 0.187. The number of carboxylic acids is 1. The first kappa shape index (κ1) is 15.2. The van der Waals surface area contributed by atoms with E-state index in [1.807, 2.05) is 26.8 Å². The summed E-state index contributed by atoms with van der Waals surface area (Å²) in [5.74, 6) is -1.46. The number of aliphatic carboxylic acids is 1. The molecule has 0 fully saturated rings. The Labute approximate surface area is 113 Å². The van der Waals surface area contributed by atoms with Gasteiger partial charge in [0.15, 0.2) is 6.04 Å². The second kappa shape index (κ2) is 6.36. The van der Waals surface area contributed by atoms with Crippen LogP contribution in [-0.2, 0) is 9.59 Å². The van der Waals surface area contributed by atoms with Crippen molar-refractivity contribution in [3.05, 3.63) is 34.9 Å². The molecule has 0 saturated carbocycles. The van der Waals surface area contributed by atoms with E-state index in [4.69, 9.17) is 0 Å². The SMILES string of the molecule is CCC(C)C(=O)NC(C(=O)O)c1cc(C)cc(C)c1. The van der Waals surface area contributed by atoms with Crippen molar-refractivity contribution in [3.8, 4) is 0 Å². The van der Waals surface area contributed by atoms with Gasteiger partial charge in [0.25, 0.3) is 0 Å². The zero-order valence-corrected chi connectivity index (χ0v) is 11.9. The maximum Gasteiger partial charge on any atom is 0.330 e. The summed E-state index contributed by atoms with van der Waals surface area (Å²) in [5, 5.41) is 11.9. The Morgan fingerprint density at radius 1 is 1.21 bits per heavy atom. The van der Waals surface area contributed by atoms with Gasteiger partial charge in [-0.15, -0.1) is 0 Å². The molecule has 0 aliphatic heterocycles. The molecule has 0 saturated heterocycles. The van der Waals surface area contributed by atoms with E-state index in [1.165, 1.54) is 0 Å². The van der Waals surface area contributed by atoms with Crippen LogP contribution in [0.15, 0.2) is 18.2 Å². The first-order valence-corrected chi connectivity index (χ1v) is 6.46. The molecule has 1 amide bonds. The fourth-order valence-corrected chi connectivity index (χ4v) is 1.93. The zero-order valence-electron chi connectivity index (χ0n) is 11.9. The lowest BCUT2D eigenvalue weighted by Gasteiger charge is -2.18. The molecule has 104 valence electrons. The summed E-state index contributed by atoms with van der Waals surface area (Å²) in [4.78, 5) is 23.2. The smallest absolute Gasteiger partial charge is 0.330 e. The summed E-state index contributed by atoms with van der Waals surface area (Å²) < 4.78 is 0. The van der Waals surface area contributed by atoms with Crippen LogP contribution < -0.4 is 5.32 Å². The number of aryl methyl sites for hydroxylation is 2. The van der Waals surface area contributed by atoms with E-state index < -0.39 is 12.0 Å². The third kappa shape index (κ3) is 4.09. The molecule has 0 radical (unpaired) electrons. The molecule has 0 aromatic heterocycles. The average molecular weight is 263 g/mol. The van der Waals surface area contributed by atoms with Crippen LogP contribution in [-0.4, -0.2) is 17.0 Å². The monoisotopic (exact) mass is 263 g/mol. The van der Waals surface area contributed by atoms with Gasteiger partial charge in [-0.1, -0.05) is 43.2 Å². The first-order chi connectivity index (χ1) is 8.85. The molecule has 2 unspecified atom stereocenters. The van der Waals surface area contributed by atoms with E-state index in [0.717, 1.165) is 11.1 Å². The molecule has 1 aromatic rings. The van der Waals surface area contributed by atoms with Gasteiger partial charge < -0.3 is 10.4 Å². The Morgan fingerprint density at radius 2 is 1.74 bits per heavy atom. The van der Waals surface area contributed by atoms with Crippen LogP contribution in [0.25, 0.3) is 0 Å². The molecule has 1 rings (SSSR count). The predicted octanol–water partition coefficient (Wildman–Crippen LogP) is 2.59. The Bertz CT molecular complexity index is 462. The van der Waals surface area contributed by atoms with Crippen molar-refractivity contribution in [2.24, 2.45) is 5.92 Å². The van der Waals surface area contributed by atoms with E-state index in [9.17, 15) is 14.7 Å². The van der Waals surface area contributed by atoms with Crippen molar-refractivity contribution in [1.82, 2.24) is 5.32 Å². The number of hydrogen-bond donors (Lipinski definition) is 2. The summed E-state index contributed by atoms with van der Waals surface area (Å²) in [6.45, 7) is 7.50. The van der Waals surface area contributed by atoms with Crippen LogP contribution in [0, 0.1) is 19.8 Å². The van der Waals surface area contributed by atoms with Crippen molar-refractivity contribution in [2.45, 2.75) is 40.2 Å². The number of carbonyl (C=O) groups excluding carboxylic acids is 1. The van der Waals surface area contributed by atoms with E-state index in [2.05, 4.69) is 5.32 Å². The van der Waals surface area contributed by atoms with Crippen molar-refractivity contribution < 1.29 is 14.7 Å². The van der Waals surface area contributed by atoms with Crippen molar-refractivity contribution >= 4 is 11.9 Å². The van der Waals surface area contributed by atoms with Crippen molar-refractivity contribution in [2.75, 3.05) is 0 Å². The highest BCUT2D eigenvalue weighted by atomic mass is 16.4. The largest absolute Gasteiger partial charge is 0.479 e. The van der Waals surface area contributed by atoms with Crippen LogP contribution in [0.3, 0.4) is 0 Å². The number of nitrogens with one attached hydrogen (secondary N) is 1. The number of carboxylic acid groups (broad SMARTS) is 1. The summed E-state index contributed by atoms with van der Waals surface area (Å²) in [7, 11) is 0. The second-order valence-corrected chi connectivity index (χ2v) is 5.01. The van der Waals surface area contributed by atoms with Gasteiger partial charge in [0, 0.05) is 5.92 Å². The topological polar surface area (TPSA) is 66.4 Å². The molecular formula is C15H21NO3. The number of benzene rings is 1. The lowest BCUT2D eigenvalue weighted by molar-refractivity contribution is -0.142. The molecule has 0 spiro atoms. The highest BCUT2D eigenvalue weighted by molar-refractivity contribution is 5.85. The summed E-state index contributed by atoms with van der Waals surface area (Å²) in [5.41, 5.74) is 2.58. The van der Waals surface area contributed by atoms with Crippen LogP contribution in [0.1, 0.15) is 43.0 Å². The van der Waals surface area contributed by atoms with E-state index >= 15 is 0 Å². The summed E-state index contributed by atoms with van der Waals surface area (Å²) >= 11 is 0. The van der Waals surface area contributed by atoms with Crippen LogP contribution in [0.5, 0.6) is 0 Å². The molecule has 0 aliphatic rings.